The number of nitrogens with one attached hydrogen (secondary N) is 3. The van der Waals surface area contributed by atoms with Gasteiger partial charge in [-0.15, -0.1) is 0 Å². The minimum atomic E-state index is -4.08. The van der Waals surface area contributed by atoms with Crippen LogP contribution < -0.4 is 20.1 Å². The van der Waals surface area contributed by atoms with Crippen LogP contribution in [0.3, 0.4) is 0 Å². The molecular weight excluding hydrogens is 556 g/mol. The maximum atomic E-state index is 13.2. The summed E-state index contributed by atoms with van der Waals surface area (Å²) in [6.45, 7) is 3.80. The molecule has 0 saturated heterocycles. The van der Waals surface area contributed by atoms with Crippen LogP contribution in [0, 0.1) is 11.7 Å². The zero-order valence-corrected chi connectivity index (χ0v) is 23.0. The number of hydrogen-bond acceptors (Lipinski definition) is 5. The molecule has 3 aromatic carbocycles. The van der Waals surface area contributed by atoms with Gasteiger partial charge in [0.25, 0.3) is 15.9 Å². The fourth-order valence-electron chi connectivity index (χ4n) is 3.52. The van der Waals surface area contributed by atoms with Crippen molar-refractivity contribution in [2.75, 3.05) is 17.1 Å². The largest absolute Gasteiger partial charge is 0.495 e. The van der Waals surface area contributed by atoms with E-state index in [4.69, 9.17) is 27.9 Å². The number of benzene rings is 3. The monoisotopic (exact) mass is 581 g/mol. The maximum Gasteiger partial charge on any atom is 0.262 e. The van der Waals surface area contributed by atoms with Gasteiger partial charge in [0.05, 0.1) is 28.3 Å². The van der Waals surface area contributed by atoms with Crippen molar-refractivity contribution in [2.24, 2.45) is 5.92 Å². The molecule has 38 heavy (non-hydrogen) atoms. The summed E-state index contributed by atoms with van der Waals surface area (Å²) in [6, 6.07) is 12.2. The summed E-state index contributed by atoms with van der Waals surface area (Å²) >= 11 is 12.0. The lowest BCUT2D eigenvalue weighted by Crippen LogP contribution is -2.44. The molecule has 0 radical (unpaired) electrons. The molecule has 1 atom stereocenters. The van der Waals surface area contributed by atoms with Crippen molar-refractivity contribution in [1.82, 2.24) is 5.32 Å². The van der Waals surface area contributed by atoms with Gasteiger partial charge in [0.1, 0.15) is 17.6 Å². The van der Waals surface area contributed by atoms with E-state index in [9.17, 15) is 22.4 Å². The van der Waals surface area contributed by atoms with Crippen LogP contribution in [-0.4, -0.2) is 33.4 Å². The number of rotatable bonds is 10. The number of anilines is 2. The first-order valence-electron chi connectivity index (χ1n) is 11.4. The molecule has 0 heterocycles. The van der Waals surface area contributed by atoms with Gasteiger partial charge in [-0.2, -0.15) is 0 Å². The fourth-order valence-corrected chi connectivity index (χ4v) is 5.08. The minimum absolute atomic E-state index is 0.0482. The number of methoxy groups -OCH3 is 1. The molecule has 0 aromatic heterocycles. The van der Waals surface area contributed by atoms with Crippen LogP contribution >= 0.6 is 23.2 Å². The molecule has 12 heteroatoms. The molecule has 0 spiro atoms. The first-order valence-corrected chi connectivity index (χ1v) is 13.7. The van der Waals surface area contributed by atoms with Gasteiger partial charge >= 0.3 is 0 Å². The van der Waals surface area contributed by atoms with E-state index in [0.717, 1.165) is 24.3 Å². The Hall–Kier alpha value is -3.34. The highest BCUT2D eigenvalue weighted by Gasteiger charge is 2.24. The Labute approximate surface area is 230 Å². The Morgan fingerprint density at radius 3 is 2.29 bits per heavy atom. The topological polar surface area (TPSA) is 114 Å². The number of amides is 2. The number of carbonyl (C=O) groups excluding carboxylic acids is 2. The summed E-state index contributed by atoms with van der Waals surface area (Å²) in [7, 11) is -2.72. The molecule has 0 aliphatic rings. The smallest absolute Gasteiger partial charge is 0.262 e. The molecule has 0 fully saturated rings. The molecular formula is C26H26Cl2FN3O5S. The molecule has 202 valence electrons. The molecule has 1 unspecified atom stereocenters. The van der Waals surface area contributed by atoms with E-state index < -0.39 is 33.7 Å². The third-order valence-corrected chi connectivity index (χ3v) is 7.27. The number of halogens is 3. The zero-order chi connectivity index (χ0) is 28.0. The summed E-state index contributed by atoms with van der Waals surface area (Å²) in [4.78, 5) is 25.9. The first-order chi connectivity index (χ1) is 17.9. The van der Waals surface area contributed by atoms with E-state index >= 15 is 0 Å². The highest BCUT2D eigenvalue weighted by atomic mass is 35.5. The second-order valence-electron chi connectivity index (χ2n) is 8.74. The van der Waals surface area contributed by atoms with Gasteiger partial charge in [-0.05, 0) is 73.0 Å². The molecule has 0 bridgehead atoms. The van der Waals surface area contributed by atoms with Gasteiger partial charge in [0, 0.05) is 10.7 Å². The summed E-state index contributed by atoms with van der Waals surface area (Å²) < 4.78 is 46.5. The zero-order valence-electron chi connectivity index (χ0n) is 20.7. The first kappa shape index (κ1) is 29.2. The summed E-state index contributed by atoms with van der Waals surface area (Å²) in [5, 5.41) is 5.92. The van der Waals surface area contributed by atoms with Crippen molar-refractivity contribution in [1.29, 1.82) is 0 Å². The second-order valence-corrected chi connectivity index (χ2v) is 11.3. The molecule has 3 N–H and O–H groups in total. The van der Waals surface area contributed by atoms with Crippen LogP contribution in [0.1, 0.15) is 30.6 Å². The van der Waals surface area contributed by atoms with Gasteiger partial charge in [0.15, 0.2) is 0 Å². The van der Waals surface area contributed by atoms with Crippen molar-refractivity contribution >= 4 is 56.4 Å². The lowest BCUT2D eigenvalue weighted by Gasteiger charge is -2.21. The van der Waals surface area contributed by atoms with Crippen molar-refractivity contribution in [3.63, 3.8) is 0 Å². The molecule has 0 aliphatic carbocycles. The van der Waals surface area contributed by atoms with Gasteiger partial charge in [0.2, 0.25) is 5.91 Å². The molecule has 0 aliphatic heterocycles. The van der Waals surface area contributed by atoms with Crippen LogP contribution in [0.25, 0.3) is 0 Å². The predicted molar refractivity (Wildman–Crippen MR) is 146 cm³/mol. The van der Waals surface area contributed by atoms with Crippen molar-refractivity contribution < 1.29 is 27.1 Å². The van der Waals surface area contributed by atoms with Gasteiger partial charge in [-0.1, -0.05) is 37.0 Å². The lowest BCUT2D eigenvalue weighted by atomic mass is 10.0. The molecule has 8 nitrogen and oxygen atoms in total. The van der Waals surface area contributed by atoms with E-state index in [1.807, 2.05) is 13.8 Å². The average molecular weight is 582 g/mol. The van der Waals surface area contributed by atoms with E-state index in [-0.39, 0.29) is 38.5 Å². The van der Waals surface area contributed by atoms with E-state index in [0.29, 0.717) is 11.4 Å². The van der Waals surface area contributed by atoms with Gasteiger partial charge in [-0.25, -0.2) is 12.8 Å². The highest BCUT2D eigenvalue weighted by molar-refractivity contribution is 7.92. The van der Waals surface area contributed by atoms with Crippen LogP contribution in [-0.2, 0) is 14.8 Å². The summed E-state index contributed by atoms with van der Waals surface area (Å²) in [6.07, 6.45) is 0.322. The standard InChI is InChI=1S/C26H26Cl2FN3O5S/c1-15(2)12-23(31-25(33)20-10-4-16(27)13-21(20)28)26(34)30-18-7-11-24(37-3)22(14-18)32-38(35,36)19-8-5-17(29)6-9-19/h4-11,13-15,23,32H,12H2,1-3H3,(H,30,34)(H,31,33). The summed E-state index contributed by atoms with van der Waals surface area (Å²) in [5.74, 6) is -1.39. The van der Waals surface area contributed by atoms with Gasteiger partial charge in [-0.3, -0.25) is 14.3 Å². The SMILES string of the molecule is COc1ccc(NC(=O)C(CC(C)C)NC(=O)c2ccc(Cl)cc2Cl)cc1NS(=O)(=O)c1ccc(F)cc1. The number of hydrogen-bond donors (Lipinski definition) is 3. The van der Waals surface area contributed by atoms with Gasteiger partial charge < -0.3 is 15.4 Å². The Morgan fingerprint density at radius 1 is 1.00 bits per heavy atom. The Kier molecular flexibility index (Phi) is 9.59. The lowest BCUT2D eigenvalue weighted by molar-refractivity contribution is -0.118. The number of carbonyl (C=O) groups is 2. The number of sulfonamides is 1. The fraction of sp³-hybridized carbons (Fsp3) is 0.231. The van der Waals surface area contributed by atoms with Crippen LogP contribution in [0.5, 0.6) is 5.75 Å². The molecule has 2 amide bonds. The quantitative estimate of drug-likeness (QED) is 0.283. The average Bonchev–Trinajstić information content (AvgIpc) is 2.83. The van der Waals surface area contributed by atoms with E-state index in [1.165, 1.54) is 43.5 Å². The maximum absolute atomic E-state index is 13.2. The highest BCUT2D eigenvalue weighted by Crippen LogP contribution is 2.30. The van der Waals surface area contributed by atoms with Crippen molar-refractivity contribution in [3.05, 3.63) is 82.1 Å². The molecule has 0 saturated carbocycles. The Morgan fingerprint density at radius 2 is 1.68 bits per heavy atom. The van der Waals surface area contributed by atoms with Crippen molar-refractivity contribution in [2.45, 2.75) is 31.2 Å². The number of ether oxygens (including phenoxy) is 1. The third kappa shape index (κ3) is 7.59. The van der Waals surface area contributed by atoms with Crippen LogP contribution in [0.15, 0.2) is 65.6 Å². The molecule has 3 rings (SSSR count). The Bertz CT molecular complexity index is 1430. The normalized spacial score (nSPS) is 12.1. The van der Waals surface area contributed by atoms with E-state index in [2.05, 4.69) is 15.4 Å². The van der Waals surface area contributed by atoms with Crippen LogP contribution in [0.2, 0.25) is 10.0 Å². The van der Waals surface area contributed by atoms with Crippen LogP contribution in [0.4, 0.5) is 15.8 Å². The second kappa shape index (κ2) is 12.5. The Balaban J connectivity index is 1.82. The molecule has 3 aromatic rings. The third-order valence-electron chi connectivity index (χ3n) is 5.34. The summed E-state index contributed by atoms with van der Waals surface area (Å²) in [5.41, 5.74) is 0.465. The minimum Gasteiger partial charge on any atom is -0.495 e. The van der Waals surface area contributed by atoms with Crippen molar-refractivity contribution in [3.8, 4) is 5.75 Å². The van der Waals surface area contributed by atoms with E-state index in [1.54, 1.807) is 0 Å². The predicted octanol–water partition coefficient (Wildman–Crippen LogP) is 5.73.